The molecule has 2 aliphatic heterocycles. The molecule has 0 unspecified atom stereocenters. The molecule has 82 valence electrons. The highest BCUT2D eigenvalue weighted by Gasteiger charge is 2.51. The summed E-state index contributed by atoms with van der Waals surface area (Å²) in [6.07, 6.45) is 6.27. The normalized spacial score (nSPS) is 32.8. The van der Waals surface area contributed by atoms with Crippen molar-refractivity contribution in [2.45, 2.75) is 43.8 Å². The van der Waals surface area contributed by atoms with E-state index in [4.69, 9.17) is 0 Å². The highest BCUT2D eigenvalue weighted by Crippen LogP contribution is 2.46. The second kappa shape index (κ2) is 3.57. The minimum atomic E-state index is -0.178. The maximum atomic E-state index is 9.38. The molecule has 0 aliphatic carbocycles. The average Bonchev–Trinajstić information content (AvgIpc) is 2.86. The Balaban J connectivity index is 1.84. The van der Waals surface area contributed by atoms with Crippen molar-refractivity contribution in [1.82, 2.24) is 9.88 Å². The smallest absolute Gasteiger partial charge is 0.109 e. The van der Waals surface area contributed by atoms with Crippen LogP contribution in [0.3, 0.4) is 0 Å². The third kappa shape index (κ3) is 1.34. The maximum Gasteiger partial charge on any atom is 0.109 e. The van der Waals surface area contributed by atoms with Gasteiger partial charge in [-0.3, -0.25) is 9.88 Å². The molecule has 0 atom stereocenters. The molecule has 2 bridgehead atoms. The summed E-state index contributed by atoms with van der Waals surface area (Å²) in [7, 11) is 0. The van der Waals surface area contributed by atoms with Gasteiger partial charge in [0, 0.05) is 18.8 Å². The molecule has 3 rings (SSSR count). The third-order valence-electron chi connectivity index (χ3n) is 4.04. The van der Waals surface area contributed by atoms with Crippen molar-refractivity contribution >= 4 is 0 Å². The van der Waals surface area contributed by atoms with Crippen molar-refractivity contribution in [2.24, 2.45) is 0 Å². The average molecular weight is 213 g/mol. The summed E-state index contributed by atoms with van der Waals surface area (Å²) in [6.45, 7) is 0.832. The van der Waals surface area contributed by atoms with Gasteiger partial charge in [-0.2, -0.15) is 5.26 Å². The minimum Gasteiger partial charge on any atom is -0.277 e. The van der Waals surface area contributed by atoms with Crippen LogP contribution in [0.4, 0.5) is 0 Å². The quantitative estimate of drug-likeness (QED) is 0.755. The standard InChI is InChI=1S/C13H15N3/c14-10-13-6-4-12(5-7-13)16(13)9-11-3-1-2-8-15-11/h1-3,8,12H,4-7,9H2. The van der Waals surface area contributed by atoms with Gasteiger partial charge >= 0.3 is 0 Å². The van der Waals surface area contributed by atoms with E-state index in [1.807, 2.05) is 24.4 Å². The summed E-state index contributed by atoms with van der Waals surface area (Å²) in [6, 6.07) is 9.14. The molecule has 0 spiro atoms. The molecule has 0 amide bonds. The van der Waals surface area contributed by atoms with Crippen LogP contribution in [-0.2, 0) is 6.54 Å². The molecule has 3 heterocycles. The lowest BCUT2D eigenvalue weighted by Gasteiger charge is -2.27. The summed E-state index contributed by atoms with van der Waals surface area (Å²) >= 11 is 0. The van der Waals surface area contributed by atoms with Gasteiger partial charge in [0.2, 0.25) is 0 Å². The molecule has 3 nitrogen and oxygen atoms in total. The fraction of sp³-hybridized carbons (Fsp3) is 0.538. The van der Waals surface area contributed by atoms with Gasteiger partial charge < -0.3 is 0 Å². The number of fused-ring (bicyclic) bond motifs is 2. The van der Waals surface area contributed by atoms with Crippen LogP contribution in [0.25, 0.3) is 0 Å². The van der Waals surface area contributed by atoms with E-state index in [9.17, 15) is 5.26 Å². The molecule has 3 heteroatoms. The fourth-order valence-electron chi connectivity index (χ4n) is 3.15. The van der Waals surface area contributed by atoms with E-state index in [1.165, 1.54) is 12.8 Å². The molecule has 0 radical (unpaired) electrons. The van der Waals surface area contributed by atoms with Crippen LogP contribution in [0.15, 0.2) is 24.4 Å². The monoisotopic (exact) mass is 213 g/mol. The van der Waals surface area contributed by atoms with Gasteiger partial charge in [0.25, 0.3) is 0 Å². The molecule has 16 heavy (non-hydrogen) atoms. The van der Waals surface area contributed by atoms with Gasteiger partial charge in [0.15, 0.2) is 0 Å². The van der Waals surface area contributed by atoms with Gasteiger partial charge in [-0.05, 0) is 37.8 Å². The van der Waals surface area contributed by atoms with Gasteiger partial charge in [-0.15, -0.1) is 0 Å². The van der Waals surface area contributed by atoms with Crippen LogP contribution < -0.4 is 0 Å². The minimum absolute atomic E-state index is 0.178. The SMILES string of the molecule is N#CC12CCC(CC1)N2Cc1ccccn1. The van der Waals surface area contributed by atoms with Crippen molar-refractivity contribution < 1.29 is 0 Å². The Morgan fingerprint density at radius 2 is 2.25 bits per heavy atom. The van der Waals surface area contributed by atoms with E-state index in [0.29, 0.717) is 6.04 Å². The molecule has 0 aromatic carbocycles. The molecular formula is C13H15N3. The Bertz CT molecular complexity index is 413. The van der Waals surface area contributed by atoms with Crippen LogP contribution in [0.1, 0.15) is 31.4 Å². The summed E-state index contributed by atoms with van der Waals surface area (Å²) in [5.41, 5.74) is 0.901. The number of hydrogen-bond donors (Lipinski definition) is 0. The largest absolute Gasteiger partial charge is 0.277 e. The Morgan fingerprint density at radius 3 is 2.88 bits per heavy atom. The molecule has 2 fully saturated rings. The van der Waals surface area contributed by atoms with E-state index < -0.39 is 0 Å². The van der Waals surface area contributed by atoms with Crippen LogP contribution >= 0.6 is 0 Å². The van der Waals surface area contributed by atoms with Gasteiger partial charge in [-0.1, -0.05) is 6.07 Å². The van der Waals surface area contributed by atoms with Crippen LogP contribution in [0.2, 0.25) is 0 Å². The first-order valence-corrected chi connectivity index (χ1v) is 5.92. The fourth-order valence-corrected chi connectivity index (χ4v) is 3.15. The molecule has 0 saturated carbocycles. The van der Waals surface area contributed by atoms with E-state index in [-0.39, 0.29) is 5.54 Å². The zero-order valence-electron chi connectivity index (χ0n) is 9.26. The maximum absolute atomic E-state index is 9.38. The number of aromatic nitrogens is 1. The summed E-state index contributed by atoms with van der Waals surface area (Å²) in [4.78, 5) is 6.72. The number of nitriles is 1. The number of nitrogens with zero attached hydrogens (tertiary/aromatic N) is 3. The second-order valence-corrected chi connectivity index (χ2v) is 4.82. The lowest BCUT2D eigenvalue weighted by molar-refractivity contribution is 0.192. The summed E-state index contributed by atoms with van der Waals surface area (Å²) < 4.78 is 0. The first-order chi connectivity index (χ1) is 7.84. The molecular weight excluding hydrogens is 198 g/mol. The predicted octanol–water partition coefficient (Wildman–Crippen LogP) is 2.10. The van der Waals surface area contributed by atoms with Crippen molar-refractivity contribution in [3.05, 3.63) is 30.1 Å². The van der Waals surface area contributed by atoms with Crippen molar-refractivity contribution in [2.75, 3.05) is 0 Å². The first kappa shape index (κ1) is 9.80. The zero-order valence-corrected chi connectivity index (χ0v) is 9.26. The second-order valence-electron chi connectivity index (χ2n) is 4.82. The highest BCUT2D eigenvalue weighted by molar-refractivity contribution is 5.20. The topological polar surface area (TPSA) is 39.9 Å². The van der Waals surface area contributed by atoms with Crippen LogP contribution in [0.5, 0.6) is 0 Å². The lowest BCUT2D eigenvalue weighted by atomic mass is 9.89. The molecule has 2 saturated heterocycles. The van der Waals surface area contributed by atoms with Gasteiger partial charge in [0.05, 0.1) is 11.8 Å². The van der Waals surface area contributed by atoms with E-state index >= 15 is 0 Å². The Hall–Kier alpha value is -1.40. The van der Waals surface area contributed by atoms with E-state index in [2.05, 4.69) is 16.0 Å². The first-order valence-electron chi connectivity index (χ1n) is 5.92. The number of pyridine rings is 1. The zero-order chi connectivity index (χ0) is 11.0. The van der Waals surface area contributed by atoms with Crippen LogP contribution in [0, 0.1) is 11.3 Å². The number of rotatable bonds is 2. The van der Waals surface area contributed by atoms with Crippen molar-refractivity contribution in [3.8, 4) is 6.07 Å². The van der Waals surface area contributed by atoms with Gasteiger partial charge in [0.1, 0.15) is 5.54 Å². The molecule has 2 aliphatic rings. The van der Waals surface area contributed by atoms with Crippen molar-refractivity contribution in [1.29, 1.82) is 5.26 Å². The predicted molar refractivity (Wildman–Crippen MR) is 60.4 cm³/mol. The molecule has 1 aromatic rings. The molecule has 1 aromatic heterocycles. The van der Waals surface area contributed by atoms with E-state index in [0.717, 1.165) is 25.1 Å². The number of hydrogen-bond acceptors (Lipinski definition) is 3. The highest BCUT2D eigenvalue weighted by atomic mass is 15.3. The molecule has 0 N–H and O–H groups in total. The Kier molecular flexibility index (Phi) is 2.19. The van der Waals surface area contributed by atoms with Gasteiger partial charge in [-0.25, -0.2) is 0 Å². The lowest BCUT2D eigenvalue weighted by Crippen LogP contribution is -2.39. The third-order valence-corrected chi connectivity index (χ3v) is 4.04. The van der Waals surface area contributed by atoms with Crippen molar-refractivity contribution in [3.63, 3.8) is 0 Å². The summed E-state index contributed by atoms with van der Waals surface area (Å²) in [5.74, 6) is 0. The Morgan fingerprint density at radius 1 is 1.44 bits per heavy atom. The van der Waals surface area contributed by atoms with E-state index in [1.54, 1.807) is 0 Å². The van der Waals surface area contributed by atoms with Crippen LogP contribution in [-0.4, -0.2) is 21.5 Å². The summed E-state index contributed by atoms with van der Waals surface area (Å²) in [5, 5.41) is 9.38. The Labute approximate surface area is 95.7 Å².